The van der Waals surface area contributed by atoms with E-state index in [-0.39, 0.29) is 0 Å². The third kappa shape index (κ3) is 4.04. The van der Waals surface area contributed by atoms with Crippen LogP contribution in [0.4, 0.5) is 0 Å². The van der Waals surface area contributed by atoms with Crippen LogP contribution < -0.4 is 0 Å². The summed E-state index contributed by atoms with van der Waals surface area (Å²) in [5.74, 6) is -0.813. The van der Waals surface area contributed by atoms with Gasteiger partial charge in [0.2, 0.25) is 0 Å². The smallest absolute Gasteiger partial charge is 0.330 e. The van der Waals surface area contributed by atoms with Gasteiger partial charge < -0.3 is 5.11 Å². The van der Waals surface area contributed by atoms with Gasteiger partial charge in [-0.3, -0.25) is 4.90 Å². The van der Waals surface area contributed by atoms with Crippen LogP contribution in [-0.2, 0) is 4.79 Å². The van der Waals surface area contributed by atoms with E-state index in [0.29, 0.717) is 11.6 Å². The van der Waals surface area contributed by atoms with E-state index >= 15 is 0 Å². The second-order valence-corrected chi connectivity index (χ2v) is 4.42. The summed E-state index contributed by atoms with van der Waals surface area (Å²) in [4.78, 5) is 12.9. The third-order valence-electron chi connectivity index (χ3n) is 3.22. The number of hydrogen-bond donors (Lipinski definition) is 1. The lowest BCUT2D eigenvalue weighted by Crippen LogP contribution is -2.33. The van der Waals surface area contributed by atoms with Crippen LogP contribution in [0.15, 0.2) is 11.6 Å². The Hall–Kier alpha value is -0.830. The lowest BCUT2D eigenvalue weighted by atomic mass is 9.94. The molecule has 1 N–H and O–H groups in total. The van der Waals surface area contributed by atoms with Crippen molar-refractivity contribution in [3.8, 4) is 0 Å². The number of carboxylic acid groups (broad SMARTS) is 1. The van der Waals surface area contributed by atoms with E-state index in [1.165, 1.54) is 32.1 Å². The summed E-state index contributed by atoms with van der Waals surface area (Å²) in [5.41, 5.74) is 0.442. The van der Waals surface area contributed by atoms with Crippen molar-refractivity contribution in [1.29, 1.82) is 0 Å². The molecule has 0 aliphatic heterocycles. The molecule has 0 atom stereocenters. The summed E-state index contributed by atoms with van der Waals surface area (Å²) in [6, 6.07) is 0.650. The number of likely N-dealkylation sites (N-methyl/N-ethyl adjacent to an activating group) is 1. The Balaban J connectivity index is 2.37. The minimum atomic E-state index is -0.813. The molecule has 3 nitrogen and oxygen atoms in total. The molecule has 1 saturated carbocycles. The maximum absolute atomic E-state index is 10.6. The topological polar surface area (TPSA) is 40.5 Å². The van der Waals surface area contributed by atoms with E-state index in [9.17, 15) is 4.79 Å². The first-order valence-corrected chi connectivity index (χ1v) is 5.71. The molecule has 3 heteroatoms. The molecule has 0 unspecified atom stereocenters. The van der Waals surface area contributed by atoms with Crippen molar-refractivity contribution in [3.05, 3.63) is 11.6 Å². The molecule has 1 rings (SSSR count). The van der Waals surface area contributed by atoms with E-state index < -0.39 is 5.97 Å². The van der Waals surface area contributed by atoms with Gasteiger partial charge in [-0.05, 0) is 26.8 Å². The lowest BCUT2D eigenvalue weighted by Gasteiger charge is -2.30. The van der Waals surface area contributed by atoms with Gasteiger partial charge in [0.05, 0.1) is 0 Å². The first-order chi connectivity index (χ1) is 7.11. The third-order valence-corrected chi connectivity index (χ3v) is 3.22. The Labute approximate surface area is 91.8 Å². The summed E-state index contributed by atoms with van der Waals surface area (Å²) < 4.78 is 0. The fourth-order valence-corrected chi connectivity index (χ4v) is 2.04. The molecule has 0 saturated heterocycles. The summed E-state index contributed by atoms with van der Waals surface area (Å²) in [6.45, 7) is 2.40. The van der Waals surface area contributed by atoms with Crippen LogP contribution in [0.25, 0.3) is 0 Å². The Kier molecular flexibility index (Phi) is 4.82. The molecule has 0 heterocycles. The van der Waals surface area contributed by atoms with Gasteiger partial charge >= 0.3 is 5.97 Å². The zero-order chi connectivity index (χ0) is 11.3. The second kappa shape index (κ2) is 5.91. The molecular formula is C12H21NO2. The Morgan fingerprint density at radius 2 is 2.00 bits per heavy atom. The predicted molar refractivity (Wildman–Crippen MR) is 60.9 cm³/mol. The van der Waals surface area contributed by atoms with Crippen molar-refractivity contribution < 1.29 is 9.90 Å². The van der Waals surface area contributed by atoms with E-state index in [1.807, 2.05) is 0 Å². The predicted octanol–water partition coefficient (Wildman–Crippen LogP) is 2.28. The van der Waals surface area contributed by atoms with E-state index in [0.717, 1.165) is 6.54 Å². The maximum atomic E-state index is 10.6. The van der Waals surface area contributed by atoms with Crippen molar-refractivity contribution >= 4 is 5.97 Å². The number of aliphatic carboxylic acids is 1. The highest BCUT2D eigenvalue weighted by Crippen LogP contribution is 2.21. The number of carbonyl (C=O) groups is 1. The molecule has 0 radical (unpaired) electrons. The highest BCUT2D eigenvalue weighted by Gasteiger charge is 2.16. The molecule has 0 spiro atoms. The molecule has 0 bridgehead atoms. The van der Waals surface area contributed by atoms with Gasteiger partial charge in [0.1, 0.15) is 0 Å². The van der Waals surface area contributed by atoms with Gasteiger partial charge in [0.25, 0.3) is 0 Å². The van der Waals surface area contributed by atoms with Crippen LogP contribution in [0.1, 0.15) is 39.0 Å². The number of carboxylic acids is 1. The van der Waals surface area contributed by atoms with E-state index in [2.05, 4.69) is 11.9 Å². The van der Waals surface area contributed by atoms with Gasteiger partial charge in [-0.1, -0.05) is 25.3 Å². The highest BCUT2D eigenvalue weighted by atomic mass is 16.4. The van der Waals surface area contributed by atoms with E-state index in [1.54, 1.807) is 13.0 Å². The summed E-state index contributed by atoms with van der Waals surface area (Å²) in [7, 11) is 2.08. The molecule has 15 heavy (non-hydrogen) atoms. The van der Waals surface area contributed by atoms with Crippen LogP contribution in [0.2, 0.25) is 0 Å². The van der Waals surface area contributed by atoms with Gasteiger partial charge in [-0.25, -0.2) is 4.79 Å². The minimum Gasteiger partial charge on any atom is -0.478 e. The molecule has 0 aromatic carbocycles. The SMILES string of the molecule is CC(=CCN(C)C1CCCCC1)C(=O)O. The monoisotopic (exact) mass is 211 g/mol. The number of rotatable bonds is 4. The summed E-state index contributed by atoms with van der Waals surface area (Å²) >= 11 is 0. The van der Waals surface area contributed by atoms with Gasteiger partial charge in [-0.15, -0.1) is 0 Å². The molecule has 0 aromatic rings. The largest absolute Gasteiger partial charge is 0.478 e. The Bertz CT molecular complexity index is 242. The minimum absolute atomic E-state index is 0.442. The quantitative estimate of drug-likeness (QED) is 0.725. The summed E-state index contributed by atoms with van der Waals surface area (Å²) in [6.07, 6.45) is 8.31. The molecule has 1 aliphatic carbocycles. The molecule has 1 aliphatic rings. The lowest BCUT2D eigenvalue weighted by molar-refractivity contribution is -0.132. The first-order valence-electron chi connectivity index (χ1n) is 5.71. The van der Waals surface area contributed by atoms with Crippen molar-refractivity contribution in [2.75, 3.05) is 13.6 Å². The standard InChI is InChI=1S/C12H21NO2/c1-10(12(14)15)8-9-13(2)11-6-4-3-5-7-11/h8,11H,3-7,9H2,1-2H3,(H,14,15). The molecule has 0 amide bonds. The van der Waals surface area contributed by atoms with E-state index in [4.69, 9.17) is 5.11 Å². The molecule has 1 fully saturated rings. The zero-order valence-electron chi connectivity index (χ0n) is 9.70. The fourth-order valence-electron chi connectivity index (χ4n) is 2.04. The van der Waals surface area contributed by atoms with Crippen LogP contribution in [-0.4, -0.2) is 35.6 Å². The zero-order valence-corrected chi connectivity index (χ0v) is 9.70. The van der Waals surface area contributed by atoms with Gasteiger partial charge in [-0.2, -0.15) is 0 Å². The maximum Gasteiger partial charge on any atom is 0.330 e. The van der Waals surface area contributed by atoms with Crippen LogP contribution in [0.3, 0.4) is 0 Å². The Morgan fingerprint density at radius 3 is 2.53 bits per heavy atom. The van der Waals surface area contributed by atoms with Crippen molar-refractivity contribution in [2.24, 2.45) is 0 Å². The second-order valence-electron chi connectivity index (χ2n) is 4.42. The van der Waals surface area contributed by atoms with Crippen LogP contribution >= 0.6 is 0 Å². The van der Waals surface area contributed by atoms with Gasteiger partial charge in [0, 0.05) is 18.2 Å². The summed E-state index contributed by atoms with van der Waals surface area (Å²) in [5, 5.41) is 8.72. The number of nitrogens with zero attached hydrogens (tertiary/aromatic N) is 1. The molecule has 0 aromatic heterocycles. The fraction of sp³-hybridized carbons (Fsp3) is 0.750. The van der Waals surface area contributed by atoms with Crippen molar-refractivity contribution in [1.82, 2.24) is 4.90 Å². The van der Waals surface area contributed by atoms with Crippen LogP contribution in [0.5, 0.6) is 0 Å². The molecular weight excluding hydrogens is 190 g/mol. The van der Waals surface area contributed by atoms with Crippen molar-refractivity contribution in [2.45, 2.75) is 45.1 Å². The molecule has 86 valence electrons. The number of hydrogen-bond acceptors (Lipinski definition) is 2. The normalized spacial score (nSPS) is 19.5. The Morgan fingerprint density at radius 1 is 1.40 bits per heavy atom. The van der Waals surface area contributed by atoms with Crippen LogP contribution in [0, 0.1) is 0 Å². The van der Waals surface area contributed by atoms with Gasteiger partial charge in [0.15, 0.2) is 0 Å². The highest BCUT2D eigenvalue weighted by molar-refractivity contribution is 5.85. The van der Waals surface area contributed by atoms with Crippen molar-refractivity contribution in [3.63, 3.8) is 0 Å². The average Bonchev–Trinajstić information content (AvgIpc) is 2.26. The first kappa shape index (κ1) is 12.2. The average molecular weight is 211 g/mol.